The van der Waals surface area contributed by atoms with Crippen molar-refractivity contribution >= 4 is 17.0 Å². The van der Waals surface area contributed by atoms with E-state index >= 15 is 0 Å². The van der Waals surface area contributed by atoms with Crippen LogP contribution >= 0.6 is 0 Å². The van der Waals surface area contributed by atoms with Gasteiger partial charge in [-0.2, -0.15) is 13.2 Å². The second-order valence-electron chi connectivity index (χ2n) is 8.12. The maximum absolute atomic E-state index is 13.8. The summed E-state index contributed by atoms with van der Waals surface area (Å²) in [5.74, 6) is -0.595. The molecule has 0 bridgehead atoms. The van der Waals surface area contributed by atoms with Gasteiger partial charge in [0.1, 0.15) is 6.10 Å². The summed E-state index contributed by atoms with van der Waals surface area (Å²) < 4.78 is 52.2. The van der Waals surface area contributed by atoms with E-state index in [-0.39, 0.29) is 34.5 Å². The van der Waals surface area contributed by atoms with Crippen molar-refractivity contribution in [3.63, 3.8) is 0 Å². The van der Waals surface area contributed by atoms with Crippen LogP contribution in [-0.2, 0) is 15.7 Å². The number of nitrogens with zero attached hydrogens (tertiary/aromatic N) is 3. The molecule has 0 spiro atoms. The monoisotopic (exact) mass is 411 g/mol. The summed E-state index contributed by atoms with van der Waals surface area (Å²) in [6.07, 6.45) is -2.12. The Morgan fingerprint density at radius 1 is 1.28 bits per heavy atom. The second kappa shape index (κ2) is 7.59. The Labute approximate surface area is 166 Å². The number of fused-ring (bicyclic) bond motifs is 1. The number of ether oxygens (including phenoxy) is 1. The number of hydrogen-bond acceptors (Lipinski definition) is 5. The molecule has 29 heavy (non-hydrogen) atoms. The lowest BCUT2D eigenvalue weighted by Crippen LogP contribution is -2.44. The molecule has 0 unspecified atom stereocenters. The largest absolute Gasteiger partial charge is 0.417 e. The molecule has 4 rings (SSSR count). The number of rotatable bonds is 3. The zero-order chi connectivity index (χ0) is 20.8. The van der Waals surface area contributed by atoms with E-state index in [0.29, 0.717) is 44.7 Å². The quantitative estimate of drug-likeness (QED) is 0.755. The SMILES string of the molecule is CC(C)c1cc(C(F)(F)F)c2c([C@H]3CCCN(C(=O)[C@@H]4CCCO4)C3)noc2n1. The maximum Gasteiger partial charge on any atom is 0.417 e. The van der Waals surface area contributed by atoms with Crippen molar-refractivity contribution in [2.45, 2.75) is 63.6 Å². The molecule has 6 nitrogen and oxygen atoms in total. The predicted octanol–water partition coefficient (Wildman–Crippen LogP) is 4.25. The Balaban J connectivity index is 1.69. The normalized spacial score (nSPS) is 23.3. The van der Waals surface area contributed by atoms with Crippen molar-refractivity contribution in [3.8, 4) is 0 Å². The molecular formula is C20H24F3N3O3. The highest BCUT2D eigenvalue weighted by Gasteiger charge is 2.39. The number of halogens is 3. The highest BCUT2D eigenvalue weighted by atomic mass is 19.4. The van der Waals surface area contributed by atoms with Crippen LogP contribution in [0, 0.1) is 0 Å². The van der Waals surface area contributed by atoms with Crippen LogP contribution in [0.1, 0.15) is 68.3 Å². The first-order valence-electron chi connectivity index (χ1n) is 10.0. The molecule has 0 aliphatic carbocycles. The van der Waals surface area contributed by atoms with Gasteiger partial charge < -0.3 is 14.2 Å². The van der Waals surface area contributed by atoms with Crippen molar-refractivity contribution in [3.05, 3.63) is 23.0 Å². The summed E-state index contributed by atoms with van der Waals surface area (Å²) in [5.41, 5.74) is -0.322. The molecule has 2 fully saturated rings. The fourth-order valence-corrected chi connectivity index (χ4v) is 4.17. The highest BCUT2D eigenvalue weighted by Crippen LogP contribution is 2.40. The number of likely N-dealkylation sites (tertiary alicyclic amines) is 1. The van der Waals surface area contributed by atoms with Gasteiger partial charge in [-0.25, -0.2) is 4.98 Å². The molecule has 0 N–H and O–H groups in total. The predicted molar refractivity (Wildman–Crippen MR) is 98.4 cm³/mol. The molecule has 0 radical (unpaired) electrons. The summed E-state index contributed by atoms with van der Waals surface area (Å²) >= 11 is 0. The van der Waals surface area contributed by atoms with Gasteiger partial charge in [-0.1, -0.05) is 19.0 Å². The maximum atomic E-state index is 13.8. The third kappa shape index (κ3) is 3.84. The number of alkyl halides is 3. The molecule has 2 aliphatic heterocycles. The van der Waals surface area contributed by atoms with Gasteiger partial charge in [0.05, 0.1) is 16.6 Å². The first-order chi connectivity index (χ1) is 13.8. The molecule has 9 heteroatoms. The summed E-state index contributed by atoms with van der Waals surface area (Å²) in [6.45, 7) is 5.01. The van der Waals surface area contributed by atoms with Crippen molar-refractivity contribution in [2.24, 2.45) is 0 Å². The van der Waals surface area contributed by atoms with Gasteiger partial charge in [0.15, 0.2) is 0 Å². The minimum atomic E-state index is -4.55. The van der Waals surface area contributed by atoms with Gasteiger partial charge in [-0.05, 0) is 37.7 Å². The topological polar surface area (TPSA) is 68.5 Å². The number of carbonyl (C=O) groups is 1. The number of pyridine rings is 1. The van der Waals surface area contributed by atoms with E-state index in [1.54, 1.807) is 18.7 Å². The third-order valence-corrected chi connectivity index (χ3v) is 5.71. The molecule has 0 aromatic carbocycles. The average Bonchev–Trinajstić information content (AvgIpc) is 3.35. The van der Waals surface area contributed by atoms with Gasteiger partial charge >= 0.3 is 6.18 Å². The van der Waals surface area contributed by atoms with E-state index in [1.807, 2.05) is 0 Å². The van der Waals surface area contributed by atoms with Crippen molar-refractivity contribution in [1.82, 2.24) is 15.0 Å². The van der Waals surface area contributed by atoms with Crippen LogP contribution in [0.15, 0.2) is 10.6 Å². The Hall–Kier alpha value is -2.16. The molecule has 4 heterocycles. The van der Waals surface area contributed by atoms with E-state index in [1.165, 1.54) is 0 Å². The minimum absolute atomic E-state index is 0.0849. The zero-order valence-electron chi connectivity index (χ0n) is 16.5. The summed E-state index contributed by atoms with van der Waals surface area (Å²) in [6, 6.07) is 1.09. The summed E-state index contributed by atoms with van der Waals surface area (Å²) in [7, 11) is 0. The van der Waals surface area contributed by atoms with Gasteiger partial charge in [-0.3, -0.25) is 4.79 Å². The van der Waals surface area contributed by atoms with Crippen molar-refractivity contribution in [1.29, 1.82) is 0 Å². The zero-order valence-corrected chi connectivity index (χ0v) is 16.5. The van der Waals surface area contributed by atoms with E-state index in [2.05, 4.69) is 10.1 Å². The molecule has 0 saturated carbocycles. The molecule has 2 saturated heterocycles. The molecule has 1 amide bonds. The molecule has 2 aromatic rings. The molecule has 158 valence electrons. The van der Waals surface area contributed by atoms with Crippen LogP contribution in [-0.4, -0.2) is 46.7 Å². The smallest absolute Gasteiger partial charge is 0.368 e. The third-order valence-electron chi connectivity index (χ3n) is 5.71. The van der Waals surface area contributed by atoms with Crippen molar-refractivity contribution in [2.75, 3.05) is 19.7 Å². The lowest BCUT2D eigenvalue weighted by Gasteiger charge is -2.33. The molecule has 2 aromatic heterocycles. The highest BCUT2D eigenvalue weighted by molar-refractivity contribution is 5.83. The number of hydrogen-bond donors (Lipinski definition) is 0. The number of carbonyl (C=O) groups excluding carboxylic acids is 1. The first kappa shape index (κ1) is 20.1. The van der Waals surface area contributed by atoms with Crippen molar-refractivity contribution < 1.29 is 27.2 Å². The second-order valence-corrected chi connectivity index (χ2v) is 8.12. The van der Waals surface area contributed by atoms with Gasteiger partial charge in [0, 0.05) is 31.3 Å². The first-order valence-corrected chi connectivity index (χ1v) is 10.0. The molecule has 2 aliphatic rings. The number of amides is 1. The van der Waals surface area contributed by atoms with Gasteiger partial charge in [0.25, 0.3) is 11.6 Å². The lowest BCUT2D eigenvalue weighted by atomic mass is 9.91. The number of aromatic nitrogens is 2. The van der Waals surface area contributed by atoms with E-state index in [0.717, 1.165) is 12.5 Å². The van der Waals surface area contributed by atoms with Crippen LogP contribution in [0.3, 0.4) is 0 Å². The fraction of sp³-hybridized carbons (Fsp3) is 0.650. The van der Waals surface area contributed by atoms with E-state index in [4.69, 9.17) is 9.26 Å². The minimum Gasteiger partial charge on any atom is -0.368 e. The Morgan fingerprint density at radius 2 is 2.07 bits per heavy atom. The Morgan fingerprint density at radius 3 is 2.72 bits per heavy atom. The summed E-state index contributed by atoms with van der Waals surface area (Å²) in [5, 5.41) is 3.89. The van der Waals surface area contributed by atoms with Crippen LogP contribution in [0.25, 0.3) is 11.1 Å². The lowest BCUT2D eigenvalue weighted by molar-refractivity contribution is -0.142. The van der Waals surface area contributed by atoms with E-state index in [9.17, 15) is 18.0 Å². The Bertz CT molecular complexity index is 903. The molecule has 2 atom stereocenters. The fourth-order valence-electron chi connectivity index (χ4n) is 4.17. The van der Waals surface area contributed by atoms with Gasteiger partial charge in [-0.15, -0.1) is 0 Å². The van der Waals surface area contributed by atoms with Crippen LogP contribution in [0.4, 0.5) is 13.2 Å². The average molecular weight is 411 g/mol. The molecular weight excluding hydrogens is 387 g/mol. The van der Waals surface area contributed by atoms with Crippen LogP contribution in [0.5, 0.6) is 0 Å². The van der Waals surface area contributed by atoms with E-state index < -0.39 is 17.8 Å². The van der Waals surface area contributed by atoms with Gasteiger partial charge in [0.2, 0.25) is 0 Å². The van der Waals surface area contributed by atoms with Crippen LogP contribution in [0.2, 0.25) is 0 Å². The Kier molecular flexibility index (Phi) is 5.27. The number of piperidine rings is 1. The van der Waals surface area contributed by atoms with Crippen LogP contribution < -0.4 is 0 Å². The standard InChI is InChI=1S/C20H24F3N3O3/c1-11(2)14-9-13(20(21,22)23)16-17(25-29-18(16)24-14)12-5-3-7-26(10-12)19(27)15-6-4-8-28-15/h9,11-12,15H,3-8,10H2,1-2H3/t12-,15-/m0/s1. The summed E-state index contributed by atoms with van der Waals surface area (Å²) in [4.78, 5) is 18.6.